The van der Waals surface area contributed by atoms with Crippen LogP contribution in [0.15, 0.2) is 24.4 Å². The highest BCUT2D eigenvalue weighted by Crippen LogP contribution is 2.27. The fourth-order valence-corrected chi connectivity index (χ4v) is 2.21. The SMILES string of the molecule is CCc1c[nH]c(=S)n1-c1ccc(Cl)c(OC)c1. The number of aromatic nitrogens is 2. The Hall–Kier alpha value is -1.26. The smallest absolute Gasteiger partial charge is 0.182 e. The van der Waals surface area contributed by atoms with Gasteiger partial charge in [0.1, 0.15) is 5.75 Å². The number of rotatable bonds is 3. The molecule has 0 unspecified atom stereocenters. The molecular formula is C12H13ClN2OS. The van der Waals surface area contributed by atoms with Gasteiger partial charge in [0.15, 0.2) is 4.77 Å². The van der Waals surface area contributed by atoms with Crippen LogP contribution in [0.25, 0.3) is 5.69 Å². The van der Waals surface area contributed by atoms with Gasteiger partial charge < -0.3 is 9.72 Å². The summed E-state index contributed by atoms with van der Waals surface area (Å²) in [5.41, 5.74) is 2.08. The molecule has 1 aromatic carbocycles. The monoisotopic (exact) mass is 268 g/mol. The van der Waals surface area contributed by atoms with Crippen molar-refractivity contribution in [1.82, 2.24) is 9.55 Å². The molecule has 1 heterocycles. The first kappa shape index (κ1) is 12.2. The normalized spacial score (nSPS) is 10.5. The first-order valence-electron chi connectivity index (χ1n) is 5.30. The number of ether oxygens (including phenoxy) is 1. The molecule has 0 fully saturated rings. The Kier molecular flexibility index (Phi) is 3.54. The second-order valence-corrected chi connectivity index (χ2v) is 4.39. The van der Waals surface area contributed by atoms with Crippen LogP contribution in [0.2, 0.25) is 5.02 Å². The third kappa shape index (κ3) is 2.23. The van der Waals surface area contributed by atoms with Gasteiger partial charge >= 0.3 is 0 Å². The number of imidazole rings is 1. The first-order chi connectivity index (χ1) is 8.17. The Morgan fingerprint density at radius 3 is 2.88 bits per heavy atom. The van der Waals surface area contributed by atoms with Crippen molar-refractivity contribution in [3.05, 3.63) is 39.9 Å². The molecule has 90 valence electrons. The molecule has 0 aliphatic rings. The predicted molar refractivity (Wildman–Crippen MR) is 71.9 cm³/mol. The van der Waals surface area contributed by atoms with E-state index < -0.39 is 0 Å². The van der Waals surface area contributed by atoms with Gasteiger partial charge in [-0.25, -0.2) is 0 Å². The topological polar surface area (TPSA) is 29.9 Å². The molecule has 3 nitrogen and oxygen atoms in total. The van der Waals surface area contributed by atoms with Crippen LogP contribution in [-0.4, -0.2) is 16.7 Å². The minimum atomic E-state index is 0.594. The third-order valence-electron chi connectivity index (χ3n) is 2.61. The Morgan fingerprint density at radius 1 is 1.47 bits per heavy atom. The molecule has 1 aromatic heterocycles. The summed E-state index contributed by atoms with van der Waals surface area (Å²) in [7, 11) is 1.60. The van der Waals surface area contributed by atoms with Crippen LogP contribution >= 0.6 is 23.8 Å². The van der Waals surface area contributed by atoms with E-state index >= 15 is 0 Å². The van der Waals surface area contributed by atoms with Crippen LogP contribution < -0.4 is 4.74 Å². The van der Waals surface area contributed by atoms with E-state index in [1.165, 1.54) is 0 Å². The highest BCUT2D eigenvalue weighted by molar-refractivity contribution is 7.71. The summed E-state index contributed by atoms with van der Waals surface area (Å²) >= 11 is 11.3. The average molecular weight is 269 g/mol. The Balaban J connectivity index is 2.60. The van der Waals surface area contributed by atoms with E-state index in [0.29, 0.717) is 15.5 Å². The summed E-state index contributed by atoms with van der Waals surface area (Å²) in [6, 6.07) is 5.61. The molecule has 0 bridgehead atoms. The van der Waals surface area contributed by atoms with Crippen LogP contribution in [0, 0.1) is 4.77 Å². The summed E-state index contributed by atoms with van der Waals surface area (Å²) < 4.78 is 7.86. The van der Waals surface area contributed by atoms with Crippen LogP contribution in [0.3, 0.4) is 0 Å². The fourth-order valence-electron chi connectivity index (χ4n) is 1.74. The maximum Gasteiger partial charge on any atom is 0.182 e. The second-order valence-electron chi connectivity index (χ2n) is 3.59. The highest BCUT2D eigenvalue weighted by atomic mass is 35.5. The summed E-state index contributed by atoms with van der Waals surface area (Å²) in [4.78, 5) is 3.04. The molecule has 0 amide bonds. The van der Waals surface area contributed by atoms with Gasteiger partial charge in [0.2, 0.25) is 0 Å². The van der Waals surface area contributed by atoms with E-state index in [1.807, 2.05) is 29.0 Å². The maximum atomic E-state index is 6.00. The molecule has 0 spiro atoms. The predicted octanol–water partition coefficient (Wildman–Crippen LogP) is 3.76. The average Bonchev–Trinajstić information content (AvgIpc) is 2.71. The van der Waals surface area contributed by atoms with Crippen LogP contribution in [0.4, 0.5) is 0 Å². The lowest BCUT2D eigenvalue weighted by atomic mass is 10.2. The molecule has 1 N–H and O–H groups in total. The first-order valence-corrected chi connectivity index (χ1v) is 6.09. The van der Waals surface area contributed by atoms with Crippen molar-refractivity contribution >= 4 is 23.8 Å². The van der Waals surface area contributed by atoms with Crippen molar-refractivity contribution in [2.75, 3.05) is 7.11 Å². The van der Waals surface area contributed by atoms with Gasteiger partial charge in [0, 0.05) is 18.0 Å². The van der Waals surface area contributed by atoms with Crippen molar-refractivity contribution in [2.45, 2.75) is 13.3 Å². The number of aromatic amines is 1. The molecule has 0 saturated carbocycles. The van der Waals surface area contributed by atoms with Gasteiger partial charge in [-0.3, -0.25) is 4.57 Å². The van der Waals surface area contributed by atoms with Gasteiger partial charge in [-0.15, -0.1) is 0 Å². The highest BCUT2D eigenvalue weighted by Gasteiger charge is 2.07. The quantitative estimate of drug-likeness (QED) is 0.859. The van der Waals surface area contributed by atoms with E-state index in [4.69, 9.17) is 28.6 Å². The molecule has 17 heavy (non-hydrogen) atoms. The van der Waals surface area contributed by atoms with Gasteiger partial charge in [-0.2, -0.15) is 0 Å². The van der Waals surface area contributed by atoms with Crippen LogP contribution in [0.1, 0.15) is 12.6 Å². The van der Waals surface area contributed by atoms with Crippen molar-refractivity contribution in [1.29, 1.82) is 0 Å². The minimum Gasteiger partial charge on any atom is -0.495 e. The zero-order valence-corrected chi connectivity index (χ0v) is 11.2. The maximum absolute atomic E-state index is 6.00. The molecule has 5 heteroatoms. The Bertz CT molecular complexity index is 588. The lowest BCUT2D eigenvalue weighted by Crippen LogP contribution is -1.99. The standard InChI is InChI=1S/C12H13ClN2OS/c1-3-8-7-14-12(17)15(8)9-4-5-10(13)11(6-9)16-2/h4-7H,3H2,1-2H3,(H,14,17). The van der Waals surface area contributed by atoms with Gasteiger partial charge in [0.05, 0.1) is 17.8 Å². The van der Waals surface area contributed by atoms with Gasteiger partial charge in [-0.05, 0) is 30.8 Å². The number of halogens is 1. The van der Waals surface area contributed by atoms with Crippen molar-refractivity contribution in [3.8, 4) is 11.4 Å². The molecule has 0 aliphatic heterocycles. The number of benzene rings is 1. The second kappa shape index (κ2) is 4.94. The largest absolute Gasteiger partial charge is 0.495 e. The lowest BCUT2D eigenvalue weighted by molar-refractivity contribution is 0.415. The summed E-state index contributed by atoms with van der Waals surface area (Å²) in [6.07, 6.45) is 2.82. The molecule has 0 saturated heterocycles. The van der Waals surface area contributed by atoms with Crippen molar-refractivity contribution < 1.29 is 4.74 Å². The summed E-state index contributed by atoms with van der Waals surface area (Å²) in [5, 5.41) is 0.594. The zero-order valence-electron chi connectivity index (χ0n) is 9.66. The molecule has 2 rings (SSSR count). The van der Waals surface area contributed by atoms with E-state index in [1.54, 1.807) is 7.11 Å². The third-order valence-corrected chi connectivity index (χ3v) is 3.22. The minimum absolute atomic E-state index is 0.594. The van der Waals surface area contributed by atoms with Crippen molar-refractivity contribution in [2.24, 2.45) is 0 Å². The fraction of sp³-hybridized carbons (Fsp3) is 0.250. The van der Waals surface area contributed by atoms with Crippen LogP contribution in [0.5, 0.6) is 5.75 Å². The summed E-state index contributed by atoms with van der Waals surface area (Å²) in [5.74, 6) is 0.648. The van der Waals surface area contributed by atoms with Gasteiger partial charge in [0.25, 0.3) is 0 Å². The van der Waals surface area contributed by atoms with Gasteiger partial charge in [-0.1, -0.05) is 18.5 Å². The van der Waals surface area contributed by atoms with E-state index in [-0.39, 0.29) is 0 Å². The lowest BCUT2D eigenvalue weighted by Gasteiger charge is -2.09. The molecular weight excluding hydrogens is 256 g/mol. The number of hydrogen-bond acceptors (Lipinski definition) is 2. The Morgan fingerprint density at radius 2 is 2.24 bits per heavy atom. The zero-order chi connectivity index (χ0) is 12.4. The molecule has 2 aromatic rings. The number of hydrogen-bond donors (Lipinski definition) is 1. The van der Waals surface area contributed by atoms with E-state index in [9.17, 15) is 0 Å². The summed E-state index contributed by atoms with van der Waals surface area (Å²) in [6.45, 7) is 2.08. The Labute approximate surface area is 110 Å². The van der Waals surface area contributed by atoms with E-state index in [2.05, 4.69) is 11.9 Å². The number of nitrogens with one attached hydrogen (secondary N) is 1. The number of methoxy groups -OCH3 is 1. The number of aryl methyl sites for hydroxylation is 1. The molecule has 0 atom stereocenters. The van der Waals surface area contributed by atoms with E-state index in [0.717, 1.165) is 17.8 Å². The molecule has 0 aliphatic carbocycles. The number of nitrogens with zero attached hydrogens (tertiary/aromatic N) is 1. The van der Waals surface area contributed by atoms with Crippen molar-refractivity contribution in [3.63, 3.8) is 0 Å². The number of H-pyrrole nitrogens is 1. The molecule has 0 radical (unpaired) electrons. The van der Waals surface area contributed by atoms with Crippen LogP contribution in [-0.2, 0) is 6.42 Å².